The molecule has 4 heteroatoms. The Morgan fingerprint density at radius 1 is 1.47 bits per heavy atom. The van der Waals surface area contributed by atoms with Crippen LogP contribution in [0.4, 0.5) is 0 Å². The molecule has 0 amide bonds. The van der Waals surface area contributed by atoms with Gasteiger partial charge in [0.2, 0.25) is 0 Å². The van der Waals surface area contributed by atoms with Crippen LogP contribution < -0.4 is 5.73 Å². The summed E-state index contributed by atoms with van der Waals surface area (Å²) in [5.74, 6) is 0.592. The Labute approximate surface area is 101 Å². The van der Waals surface area contributed by atoms with E-state index in [-0.39, 0.29) is 0 Å². The molecule has 1 aliphatic rings. The predicted molar refractivity (Wildman–Crippen MR) is 66.3 cm³/mol. The number of pyridine rings is 1. The van der Waals surface area contributed by atoms with Crippen molar-refractivity contribution in [2.75, 3.05) is 6.54 Å². The number of aromatic nitrogens is 3. The number of rotatable bonds is 2. The first-order chi connectivity index (χ1) is 8.38. The molecule has 17 heavy (non-hydrogen) atoms. The summed E-state index contributed by atoms with van der Waals surface area (Å²) in [5, 5.41) is 0. The van der Waals surface area contributed by atoms with Crippen molar-refractivity contribution in [3.8, 4) is 11.3 Å². The third kappa shape index (κ3) is 1.85. The van der Waals surface area contributed by atoms with E-state index in [1.54, 1.807) is 6.20 Å². The molecule has 3 rings (SSSR count). The zero-order valence-corrected chi connectivity index (χ0v) is 9.71. The highest BCUT2D eigenvalue weighted by Gasteiger charge is 2.21. The first-order valence-electron chi connectivity index (χ1n) is 6.03. The fourth-order valence-corrected chi connectivity index (χ4v) is 2.46. The molecular formula is C13H16N4. The Morgan fingerprint density at radius 2 is 2.41 bits per heavy atom. The molecule has 88 valence electrons. The van der Waals surface area contributed by atoms with E-state index < -0.39 is 0 Å². The van der Waals surface area contributed by atoms with Crippen LogP contribution in [0.15, 0.2) is 30.9 Å². The summed E-state index contributed by atoms with van der Waals surface area (Å²) >= 11 is 0. The van der Waals surface area contributed by atoms with Crippen molar-refractivity contribution in [2.45, 2.75) is 19.4 Å². The maximum atomic E-state index is 5.78. The van der Waals surface area contributed by atoms with Crippen molar-refractivity contribution in [2.24, 2.45) is 11.7 Å². The molecule has 2 N–H and O–H groups in total. The van der Waals surface area contributed by atoms with Gasteiger partial charge in [-0.25, -0.2) is 4.98 Å². The Hall–Kier alpha value is -1.68. The van der Waals surface area contributed by atoms with E-state index in [0.29, 0.717) is 5.92 Å². The summed E-state index contributed by atoms with van der Waals surface area (Å²) in [6.07, 6.45) is 7.78. The summed E-state index contributed by atoms with van der Waals surface area (Å²) in [5.41, 5.74) is 9.24. The molecular weight excluding hydrogens is 212 g/mol. The molecule has 2 aromatic heterocycles. The first kappa shape index (κ1) is 10.5. The fraction of sp³-hybridized carbons (Fsp3) is 0.385. The van der Waals surface area contributed by atoms with Gasteiger partial charge in [-0.2, -0.15) is 0 Å². The number of hydrogen-bond acceptors (Lipinski definition) is 3. The maximum Gasteiger partial charge on any atom is 0.0956 e. The highest BCUT2D eigenvalue weighted by molar-refractivity contribution is 5.60. The Balaban J connectivity index is 2.00. The van der Waals surface area contributed by atoms with Gasteiger partial charge in [-0.15, -0.1) is 0 Å². The van der Waals surface area contributed by atoms with Gasteiger partial charge in [0.1, 0.15) is 0 Å². The minimum atomic E-state index is 0.592. The van der Waals surface area contributed by atoms with Gasteiger partial charge in [-0.05, 0) is 37.4 Å². The van der Waals surface area contributed by atoms with Crippen molar-refractivity contribution in [1.82, 2.24) is 14.5 Å². The highest BCUT2D eigenvalue weighted by Crippen LogP contribution is 2.28. The molecule has 0 aromatic carbocycles. The minimum Gasteiger partial charge on any atom is -0.334 e. The molecule has 1 aliphatic heterocycles. The Kier molecular flexibility index (Phi) is 2.65. The number of hydrogen-bond donors (Lipinski definition) is 1. The van der Waals surface area contributed by atoms with Gasteiger partial charge in [0.05, 0.1) is 12.0 Å². The zero-order chi connectivity index (χ0) is 11.7. The molecule has 1 atom stereocenters. The molecule has 4 nitrogen and oxygen atoms in total. The van der Waals surface area contributed by atoms with E-state index in [4.69, 9.17) is 5.73 Å². The van der Waals surface area contributed by atoms with Crippen LogP contribution in [0.3, 0.4) is 0 Å². The van der Waals surface area contributed by atoms with Crippen LogP contribution in [-0.2, 0) is 13.0 Å². The lowest BCUT2D eigenvalue weighted by Crippen LogP contribution is -2.25. The second-order valence-corrected chi connectivity index (χ2v) is 4.57. The van der Waals surface area contributed by atoms with Crippen molar-refractivity contribution in [3.63, 3.8) is 0 Å². The van der Waals surface area contributed by atoms with Gasteiger partial charge >= 0.3 is 0 Å². The summed E-state index contributed by atoms with van der Waals surface area (Å²) < 4.78 is 2.24. The molecule has 0 saturated carbocycles. The van der Waals surface area contributed by atoms with Gasteiger partial charge in [0, 0.05) is 30.2 Å². The summed E-state index contributed by atoms with van der Waals surface area (Å²) in [6, 6.07) is 4.01. The summed E-state index contributed by atoms with van der Waals surface area (Å²) in [7, 11) is 0. The maximum absolute atomic E-state index is 5.78. The summed E-state index contributed by atoms with van der Waals surface area (Å²) in [4.78, 5) is 8.67. The number of imidazole rings is 1. The molecule has 0 fully saturated rings. The smallest absolute Gasteiger partial charge is 0.0956 e. The van der Waals surface area contributed by atoms with Crippen molar-refractivity contribution in [1.29, 1.82) is 0 Å². The van der Waals surface area contributed by atoms with E-state index in [2.05, 4.69) is 20.6 Å². The van der Waals surface area contributed by atoms with Crippen LogP contribution in [0.5, 0.6) is 0 Å². The lowest BCUT2D eigenvalue weighted by molar-refractivity contribution is 0.397. The van der Waals surface area contributed by atoms with Crippen LogP contribution >= 0.6 is 0 Å². The third-order valence-corrected chi connectivity index (χ3v) is 3.47. The molecule has 0 saturated heterocycles. The average molecular weight is 228 g/mol. The summed E-state index contributed by atoms with van der Waals surface area (Å²) in [6.45, 7) is 1.79. The van der Waals surface area contributed by atoms with E-state index in [0.717, 1.165) is 37.2 Å². The number of aryl methyl sites for hydroxylation is 1. The molecule has 0 radical (unpaired) electrons. The van der Waals surface area contributed by atoms with Crippen LogP contribution in [0.1, 0.15) is 12.1 Å². The zero-order valence-electron chi connectivity index (χ0n) is 9.71. The fourth-order valence-electron chi connectivity index (χ4n) is 2.46. The first-order valence-corrected chi connectivity index (χ1v) is 6.03. The quantitative estimate of drug-likeness (QED) is 0.846. The molecule has 1 unspecified atom stereocenters. The minimum absolute atomic E-state index is 0.592. The number of nitrogens with two attached hydrogens (primary N) is 1. The van der Waals surface area contributed by atoms with Crippen LogP contribution in [0, 0.1) is 5.92 Å². The lowest BCUT2D eigenvalue weighted by Gasteiger charge is -2.23. The van der Waals surface area contributed by atoms with E-state index in [1.807, 2.05) is 18.6 Å². The van der Waals surface area contributed by atoms with Crippen molar-refractivity contribution >= 4 is 0 Å². The molecule has 0 aliphatic carbocycles. The van der Waals surface area contributed by atoms with E-state index in [1.165, 1.54) is 5.69 Å². The normalized spacial score (nSPS) is 19.0. The SMILES string of the molecule is NCC1CCn2cnc(-c3cccnc3)c2C1. The van der Waals surface area contributed by atoms with E-state index in [9.17, 15) is 0 Å². The molecule has 2 aromatic rings. The van der Waals surface area contributed by atoms with Gasteiger partial charge in [-0.1, -0.05) is 0 Å². The monoisotopic (exact) mass is 228 g/mol. The van der Waals surface area contributed by atoms with Gasteiger partial charge in [-0.3, -0.25) is 4.98 Å². The third-order valence-electron chi connectivity index (χ3n) is 3.47. The Morgan fingerprint density at radius 3 is 3.18 bits per heavy atom. The standard InChI is InChI=1S/C13H16N4/c14-7-10-3-5-17-9-16-13(12(17)6-10)11-2-1-4-15-8-11/h1-2,4,8-10H,3,5-7,14H2. The molecule has 0 bridgehead atoms. The predicted octanol–water partition coefficient (Wildman–Crippen LogP) is 1.47. The van der Waals surface area contributed by atoms with E-state index >= 15 is 0 Å². The topological polar surface area (TPSA) is 56.7 Å². The second-order valence-electron chi connectivity index (χ2n) is 4.57. The van der Waals surface area contributed by atoms with Gasteiger partial charge < -0.3 is 10.3 Å². The highest BCUT2D eigenvalue weighted by atomic mass is 15.1. The second kappa shape index (κ2) is 4.30. The largest absolute Gasteiger partial charge is 0.334 e. The average Bonchev–Trinajstić information content (AvgIpc) is 2.82. The van der Waals surface area contributed by atoms with Gasteiger partial charge in [0.15, 0.2) is 0 Å². The number of nitrogens with zero attached hydrogens (tertiary/aromatic N) is 3. The lowest BCUT2D eigenvalue weighted by atomic mass is 9.94. The molecule has 0 spiro atoms. The van der Waals surface area contributed by atoms with Crippen LogP contribution in [0.2, 0.25) is 0 Å². The van der Waals surface area contributed by atoms with Crippen molar-refractivity contribution < 1.29 is 0 Å². The van der Waals surface area contributed by atoms with Crippen LogP contribution in [-0.4, -0.2) is 21.1 Å². The molecule has 3 heterocycles. The Bertz CT molecular complexity index is 503. The van der Waals surface area contributed by atoms with Crippen molar-refractivity contribution in [3.05, 3.63) is 36.5 Å². The number of fused-ring (bicyclic) bond motifs is 1. The van der Waals surface area contributed by atoms with Gasteiger partial charge in [0.25, 0.3) is 0 Å². The van der Waals surface area contributed by atoms with Crippen LogP contribution in [0.25, 0.3) is 11.3 Å².